The van der Waals surface area contributed by atoms with Crippen LogP contribution in [0.25, 0.3) is 0 Å². The SMILES string of the molecule is CC(C)[13CH2][13C](=O)O. The fourth-order valence-corrected chi connectivity index (χ4v) is 0.349. The third kappa shape index (κ3) is 5.47. The van der Waals surface area contributed by atoms with E-state index >= 15 is 0 Å². The Morgan fingerprint density at radius 2 is 2.14 bits per heavy atom. The molecule has 0 saturated carbocycles. The first-order chi connectivity index (χ1) is 3.13. The van der Waals surface area contributed by atoms with Crippen molar-refractivity contribution in [1.29, 1.82) is 0 Å². The minimum Gasteiger partial charge on any atom is -0.481 e. The Labute approximate surface area is 43.2 Å². The van der Waals surface area contributed by atoms with E-state index in [9.17, 15) is 4.79 Å². The van der Waals surface area contributed by atoms with Crippen molar-refractivity contribution in [3.8, 4) is 0 Å². The van der Waals surface area contributed by atoms with Crippen molar-refractivity contribution in [2.75, 3.05) is 0 Å². The Hall–Kier alpha value is -0.530. The summed E-state index contributed by atoms with van der Waals surface area (Å²) in [7, 11) is 0. The van der Waals surface area contributed by atoms with E-state index < -0.39 is 5.97 Å². The van der Waals surface area contributed by atoms with Crippen LogP contribution in [0.1, 0.15) is 20.3 Å². The zero-order chi connectivity index (χ0) is 5.86. The number of aliphatic carboxylic acids is 1. The lowest BCUT2D eigenvalue weighted by molar-refractivity contribution is -0.137. The lowest BCUT2D eigenvalue weighted by Gasteiger charge is -1.94. The maximum atomic E-state index is 9.81. The Morgan fingerprint density at radius 1 is 1.71 bits per heavy atom. The normalized spacial score (nSPS) is 9.57. The summed E-state index contributed by atoms with van der Waals surface area (Å²) in [5, 5.41) is 8.08. The fraction of sp³-hybridized carbons (Fsp3) is 0.800. The van der Waals surface area contributed by atoms with Crippen LogP contribution in [0.2, 0.25) is 0 Å². The van der Waals surface area contributed by atoms with Gasteiger partial charge in [0.05, 0.1) is 0 Å². The molecule has 0 fully saturated rings. The highest BCUT2D eigenvalue weighted by molar-refractivity contribution is 5.66. The predicted octanol–water partition coefficient (Wildman–Crippen LogP) is 1.12. The minimum absolute atomic E-state index is 0.275. The highest BCUT2D eigenvalue weighted by Crippen LogP contribution is 1.96. The van der Waals surface area contributed by atoms with Gasteiger partial charge in [0.2, 0.25) is 0 Å². The Morgan fingerprint density at radius 3 is 2.14 bits per heavy atom. The van der Waals surface area contributed by atoms with Gasteiger partial charge in [0.1, 0.15) is 0 Å². The van der Waals surface area contributed by atoms with Crippen molar-refractivity contribution < 1.29 is 9.90 Å². The average molecular weight is 104 g/mol. The third-order valence-corrected chi connectivity index (χ3v) is 0.583. The topological polar surface area (TPSA) is 37.3 Å². The largest absolute Gasteiger partial charge is 0.481 e. The molecular formula is C5H10O2. The van der Waals surface area contributed by atoms with Crippen LogP contribution in [0.15, 0.2) is 0 Å². The summed E-state index contributed by atoms with van der Waals surface area (Å²) in [5.74, 6) is -0.438. The molecule has 0 aliphatic rings. The quantitative estimate of drug-likeness (QED) is 0.533. The van der Waals surface area contributed by atoms with E-state index in [2.05, 4.69) is 0 Å². The van der Waals surface area contributed by atoms with Gasteiger partial charge in [-0.3, -0.25) is 4.79 Å². The Kier molecular flexibility index (Phi) is 2.41. The number of rotatable bonds is 2. The van der Waals surface area contributed by atoms with Gasteiger partial charge < -0.3 is 5.11 Å². The molecule has 0 unspecified atom stereocenters. The summed E-state index contributed by atoms with van der Waals surface area (Å²) in [5.41, 5.74) is 0. The second-order valence-electron chi connectivity index (χ2n) is 1.99. The first-order valence-corrected chi connectivity index (χ1v) is 2.34. The van der Waals surface area contributed by atoms with Gasteiger partial charge in [0.15, 0.2) is 0 Å². The smallest absolute Gasteiger partial charge is 0.303 e. The summed E-state index contributed by atoms with van der Waals surface area (Å²) < 4.78 is 0. The van der Waals surface area contributed by atoms with Crippen molar-refractivity contribution >= 4 is 5.97 Å². The van der Waals surface area contributed by atoms with Crippen LogP contribution in [-0.4, -0.2) is 11.1 Å². The molecule has 0 aliphatic carbocycles. The lowest BCUT2D eigenvalue weighted by Crippen LogP contribution is -1.99. The maximum Gasteiger partial charge on any atom is 0.303 e. The van der Waals surface area contributed by atoms with Crippen LogP contribution >= 0.6 is 0 Å². The molecule has 1 N–H and O–H groups in total. The van der Waals surface area contributed by atoms with Crippen LogP contribution in [-0.2, 0) is 4.79 Å². The molecule has 2 heteroatoms. The highest BCUT2D eigenvalue weighted by Gasteiger charge is 1.98. The van der Waals surface area contributed by atoms with Gasteiger partial charge in [-0.2, -0.15) is 0 Å². The zero-order valence-corrected chi connectivity index (χ0v) is 4.64. The summed E-state index contributed by atoms with van der Waals surface area (Å²) in [6.07, 6.45) is 0.278. The van der Waals surface area contributed by atoms with Gasteiger partial charge >= 0.3 is 5.97 Å². The molecule has 0 heterocycles. The molecule has 0 saturated heterocycles. The number of carboxylic acids is 1. The van der Waals surface area contributed by atoms with E-state index in [1.54, 1.807) is 0 Å². The van der Waals surface area contributed by atoms with Crippen molar-refractivity contribution in [2.45, 2.75) is 20.3 Å². The molecule has 0 aliphatic heterocycles. The van der Waals surface area contributed by atoms with E-state index in [1.165, 1.54) is 0 Å². The van der Waals surface area contributed by atoms with Crippen LogP contribution < -0.4 is 0 Å². The molecule has 0 rings (SSSR count). The molecule has 42 valence electrons. The monoisotopic (exact) mass is 104 g/mol. The molecule has 0 bridgehead atoms. The Bertz CT molecular complexity index is 66.5. The molecule has 2 nitrogen and oxygen atoms in total. The minimum atomic E-state index is -0.713. The maximum absolute atomic E-state index is 9.81. The second kappa shape index (κ2) is 2.61. The molecule has 0 spiro atoms. The molecule has 0 aromatic carbocycles. The van der Waals surface area contributed by atoms with E-state index in [0.717, 1.165) is 0 Å². The standard InChI is InChI=1S/C5H10O2/c1-4(2)3-5(6)7/h4H,3H2,1-2H3,(H,6,7)/i3+1,5+1. The third-order valence-electron chi connectivity index (χ3n) is 0.583. The first kappa shape index (κ1) is 6.47. The van der Waals surface area contributed by atoms with E-state index in [-0.39, 0.29) is 12.3 Å². The van der Waals surface area contributed by atoms with E-state index in [1.807, 2.05) is 13.8 Å². The zero-order valence-electron chi connectivity index (χ0n) is 4.64. The fourth-order valence-electron chi connectivity index (χ4n) is 0.349. The van der Waals surface area contributed by atoms with Crippen LogP contribution in [0.5, 0.6) is 0 Å². The van der Waals surface area contributed by atoms with Gasteiger partial charge in [0.25, 0.3) is 0 Å². The van der Waals surface area contributed by atoms with Crippen LogP contribution in [0.4, 0.5) is 0 Å². The highest BCUT2D eigenvalue weighted by atomic mass is 16.5. The molecule has 0 amide bonds. The molecule has 7 heavy (non-hydrogen) atoms. The summed E-state index contributed by atoms with van der Waals surface area (Å²) in [6.45, 7) is 3.77. The molecule has 0 atom stereocenters. The predicted molar refractivity (Wildman–Crippen MR) is 27.1 cm³/mol. The Balaban J connectivity index is 3.13. The summed E-state index contributed by atoms with van der Waals surface area (Å²) in [4.78, 5) is 9.81. The number of hydrogen-bond donors (Lipinski definition) is 1. The second-order valence-corrected chi connectivity index (χ2v) is 1.99. The van der Waals surface area contributed by atoms with E-state index in [0.29, 0.717) is 0 Å². The first-order valence-electron chi connectivity index (χ1n) is 2.34. The molecule has 0 radical (unpaired) electrons. The van der Waals surface area contributed by atoms with Crippen molar-refractivity contribution in [3.63, 3.8) is 0 Å². The van der Waals surface area contributed by atoms with Crippen molar-refractivity contribution in [1.82, 2.24) is 0 Å². The number of carbonyl (C=O) groups is 1. The van der Waals surface area contributed by atoms with Gasteiger partial charge in [0, 0.05) is 6.42 Å². The summed E-state index contributed by atoms with van der Waals surface area (Å²) >= 11 is 0. The number of hydrogen-bond acceptors (Lipinski definition) is 1. The molecule has 0 aromatic rings. The molecular weight excluding hydrogens is 94.0 g/mol. The van der Waals surface area contributed by atoms with Crippen molar-refractivity contribution in [2.24, 2.45) is 5.92 Å². The van der Waals surface area contributed by atoms with Crippen LogP contribution in [0, 0.1) is 5.92 Å². The summed E-state index contributed by atoms with van der Waals surface area (Å²) in [6, 6.07) is 0. The van der Waals surface area contributed by atoms with Crippen molar-refractivity contribution in [3.05, 3.63) is 0 Å². The van der Waals surface area contributed by atoms with Gasteiger partial charge in [-0.05, 0) is 5.92 Å². The van der Waals surface area contributed by atoms with Gasteiger partial charge in [-0.25, -0.2) is 0 Å². The average Bonchev–Trinajstić information content (AvgIpc) is 1.27. The molecule has 0 aromatic heterocycles. The lowest BCUT2D eigenvalue weighted by atomic mass is 10.4. The van der Waals surface area contributed by atoms with Gasteiger partial charge in [-0.15, -0.1) is 0 Å². The van der Waals surface area contributed by atoms with Gasteiger partial charge in [-0.1, -0.05) is 13.8 Å². The van der Waals surface area contributed by atoms with E-state index in [4.69, 9.17) is 5.11 Å². The number of carboxylic acid groups (broad SMARTS) is 1. The van der Waals surface area contributed by atoms with Crippen LogP contribution in [0.3, 0.4) is 0 Å².